The van der Waals surface area contributed by atoms with Gasteiger partial charge in [-0.15, -0.1) is 24.0 Å². The summed E-state index contributed by atoms with van der Waals surface area (Å²) in [6.45, 7) is 7.68. The van der Waals surface area contributed by atoms with Crippen LogP contribution in [0.15, 0.2) is 29.3 Å². The first-order valence-corrected chi connectivity index (χ1v) is 11.4. The van der Waals surface area contributed by atoms with Gasteiger partial charge in [-0.2, -0.15) is 0 Å². The van der Waals surface area contributed by atoms with E-state index >= 15 is 0 Å². The Morgan fingerprint density at radius 3 is 2.38 bits per heavy atom. The number of nitrogens with one attached hydrogen (secondary N) is 2. The van der Waals surface area contributed by atoms with Gasteiger partial charge in [0.25, 0.3) is 5.91 Å². The highest BCUT2D eigenvalue weighted by atomic mass is 127. The number of hydrogen-bond acceptors (Lipinski definition) is 4. The molecule has 180 valence electrons. The molecule has 1 aromatic rings. The SMILES string of the molecule is CN=C(NCc1ccc(C(=O)N2CC(C)OC(C)C2)cc1)NCC1(CCOC)CCC1.I. The number of benzene rings is 1. The van der Waals surface area contributed by atoms with E-state index in [-0.39, 0.29) is 42.1 Å². The summed E-state index contributed by atoms with van der Waals surface area (Å²) in [6, 6.07) is 7.84. The average molecular weight is 559 g/mol. The van der Waals surface area contributed by atoms with Crippen LogP contribution in [-0.4, -0.2) is 69.4 Å². The van der Waals surface area contributed by atoms with Gasteiger partial charge in [0.15, 0.2) is 5.96 Å². The van der Waals surface area contributed by atoms with Gasteiger partial charge in [-0.3, -0.25) is 9.79 Å². The molecule has 2 unspecified atom stereocenters. The number of methoxy groups -OCH3 is 1. The Morgan fingerprint density at radius 1 is 1.19 bits per heavy atom. The molecule has 0 spiro atoms. The lowest BCUT2D eigenvalue weighted by molar-refractivity contribution is -0.0586. The summed E-state index contributed by atoms with van der Waals surface area (Å²) in [6.07, 6.45) is 5.02. The molecule has 2 fully saturated rings. The molecule has 7 nitrogen and oxygen atoms in total. The van der Waals surface area contributed by atoms with Gasteiger partial charge in [-0.05, 0) is 56.2 Å². The number of amides is 1. The van der Waals surface area contributed by atoms with Gasteiger partial charge in [-0.1, -0.05) is 18.6 Å². The van der Waals surface area contributed by atoms with Crippen LogP contribution in [0.3, 0.4) is 0 Å². The fourth-order valence-electron chi connectivity index (χ4n) is 4.48. The lowest BCUT2D eigenvalue weighted by Crippen LogP contribution is -2.48. The Hall–Kier alpha value is -1.39. The minimum Gasteiger partial charge on any atom is -0.385 e. The van der Waals surface area contributed by atoms with Crippen molar-refractivity contribution in [1.82, 2.24) is 15.5 Å². The van der Waals surface area contributed by atoms with Crippen molar-refractivity contribution in [3.8, 4) is 0 Å². The van der Waals surface area contributed by atoms with Gasteiger partial charge < -0.3 is 25.0 Å². The van der Waals surface area contributed by atoms with Crippen molar-refractivity contribution in [2.24, 2.45) is 10.4 Å². The van der Waals surface area contributed by atoms with E-state index in [2.05, 4.69) is 15.6 Å². The molecule has 1 amide bonds. The van der Waals surface area contributed by atoms with Crippen molar-refractivity contribution in [1.29, 1.82) is 0 Å². The molecular formula is C24H39IN4O3. The summed E-state index contributed by atoms with van der Waals surface area (Å²) in [5, 5.41) is 6.86. The Bertz CT molecular complexity index is 742. The van der Waals surface area contributed by atoms with Crippen LogP contribution >= 0.6 is 24.0 Å². The van der Waals surface area contributed by atoms with Crippen LogP contribution in [-0.2, 0) is 16.0 Å². The number of halogens is 1. The molecule has 1 saturated carbocycles. The second-order valence-electron chi connectivity index (χ2n) is 9.04. The monoisotopic (exact) mass is 558 g/mol. The van der Waals surface area contributed by atoms with E-state index in [0.717, 1.165) is 36.7 Å². The summed E-state index contributed by atoms with van der Waals surface area (Å²) >= 11 is 0. The summed E-state index contributed by atoms with van der Waals surface area (Å²) < 4.78 is 11.0. The lowest BCUT2D eigenvalue weighted by atomic mass is 9.67. The number of carbonyl (C=O) groups excluding carboxylic acids is 1. The van der Waals surface area contributed by atoms with Gasteiger partial charge in [0.05, 0.1) is 12.2 Å². The molecule has 2 N–H and O–H groups in total. The molecule has 1 aliphatic heterocycles. The second-order valence-corrected chi connectivity index (χ2v) is 9.04. The number of morpholine rings is 1. The Kier molecular flexibility index (Phi) is 10.7. The standard InChI is InChI=1S/C24H38N4O3.HI/c1-18-15-28(16-19(2)31-18)22(29)21-8-6-20(7-9-21)14-26-23(25-3)27-17-24(10-5-11-24)12-13-30-4;/h6-9,18-19H,5,10-17H2,1-4H3,(H2,25,26,27);1H. The van der Waals surface area contributed by atoms with Crippen LogP contribution in [0.2, 0.25) is 0 Å². The molecular weight excluding hydrogens is 519 g/mol. The van der Waals surface area contributed by atoms with E-state index in [1.54, 1.807) is 14.2 Å². The third-order valence-corrected chi connectivity index (χ3v) is 6.47. The predicted molar refractivity (Wildman–Crippen MR) is 139 cm³/mol. The fourth-order valence-corrected chi connectivity index (χ4v) is 4.48. The topological polar surface area (TPSA) is 75.2 Å². The summed E-state index contributed by atoms with van der Waals surface area (Å²) in [5.74, 6) is 0.876. The zero-order valence-corrected chi connectivity index (χ0v) is 22.2. The van der Waals surface area contributed by atoms with Crippen LogP contribution in [0.4, 0.5) is 0 Å². The second kappa shape index (κ2) is 12.7. The molecule has 32 heavy (non-hydrogen) atoms. The summed E-state index contributed by atoms with van der Waals surface area (Å²) in [5.41, 5.74) is 2.17. The van der Waals surface area contributed by atoms with Crippen LogP contribution in [0.1, 0.15) is 55.5 Å². The number of ether oxygens (including phenoxy) is 2. The minimum absolute atomic E-state index is 0. The smallest absolute Gasteiger partial charge is 0.254 e. The maximum absolute atomic E-state index is 12.8. The fraction of sp³-hybridized carbons (Fsp3) is 0.667. The quantitative estimate of drug-likeness (QED) is 0.291. The van der Waals surface area contributed by atoms with E-state index in [1.807, 2.05) is 43.0 Å². The Labute approximate surface area is 209 Å². The maximum Gasteiger partial charge on any atom is 0.254 e. The molecule has 1 aliphatic carbocycles. The zero-order chi connectivity index (χ0) is 22.3. The number of carbonyl (C=O) groups is 1. The molecule has 2 atom stereocenters. The molecule has 1 heterocycles. The Balaban J connectivity index is 0.00000363. The van der Waals surface area contributed by atoms with E-state index in [0.29, 0.717) is 25.0 Å². The maximum atomic E-state index is 12.8. The average Bonchev–Trinajstić information content (AvgIpc) is 2.74. The number of aliphatic imine (C=N–C) groups is 1. The molecule has 1 saturated heterocycles. The molecule has 3 rings (SSSR count). The van der Waals surface area contributed by atoms with Crippen LogP contribution in [0.5, 0.6) is 0 Å². The molecule has 0 radical (unpaired) electrons. The van der Waals surface area contributed by atoms with Gasteiger partial charge in [0, 0.05) is 52.5 Å². The Morgan fingerprint density at radius 2 is 1.84 bits per heavy atom. The van der Waals surface area contributed by atoms with Crippen LogP contribution in [0, 0.1) is 5.41 Å². The number of guanidine groups is 1. The van der Waals surface area contributed by atoms with Crippen molar-refractivity contribution in [3.63, 3.8) is 0 Å². The van der Waals surface area contributed by atoms with Crippen LogP contribution in [0.25, 0.3) is 0 Å². The highest BCUT2D eigenvalue weighted by Crippen LogP contribution is 2.43. The van der Waals surface area contributed by atoms with Crippen molar-refractivity contribution in [2.45, 2.75) is 58.3 Å². The first kappa shape index (κ1) is 26.9. The number of rotatable bonds is 8. The number of hydrogen-bond donors (Lipinski definition) is 2. The minimum atomic E-state index is 0. The van der Waals surface area contributed by atoms with Gasteiger partial charge in [-0.25, -0.2) is 0 Å². The lowest BCUT2D eigenvalue weighted by Gasteiger charge is -2.42. The van der Waals surface area contributed by atoms with Gasteiger partial charge in [0.1, 0.15) is 0 Å². The number of nitrogens with zero attached hydrogens (tertiary/aromatic N) is 2. The summed E-state index contributed by atoms with van der Waals surface area (Å²) in [4.78, 5) is 19.1. The van der Waals surface area contributed by atoms with E-state index in [1.165, 1.54) is 19.3 Å². The van der Waals surface area contributed by atoms with Crippen molar-refractivity contribution in [2.75, 3.05) is 40.4 Å². The third-order valence-electron chi connectivity index (χ3n) is 6.47. The van der Waals surface area contributed by atoms with E-state index in [4.69, 9.17) is 9.47 Å². The summed E-state index contributed by atoms with van der Waals surface area (Å²) in [7, 11) is 3.56. The predicted octanol–water partition coefficient (Wildman–Crippen LogP) is 3.43. The van der Waals surface area contributed by atoms with E-state index in [9.17, 15) is 4.79 Å². The van der Waals surface area contributed by atoms with E-state index < -0.39 is 0 Å². The largest absolute Gasteiger partial charge is 0.385 e. The van der Waals surface area contributed by atoms with Crippen molar-refractivity contribution in [3.05, 3.63) is 35.4 Å². The zero-order valence-electron chi connectivity index (χ0n) is 19.9. The first-order valence-electron chi connectivity index (χ1n) is 11.4. The molecule has 0 aromatic heterocycles. The van der Waals surface area contributed by atoms with Gasteiger partial charge >= 0.3 is 0 Å². The highest BCUT2D eigenvalue weighted by molar-refractivity contribution is 14.0. The van der Waals surface area contributed by atoms with Crippen molar-refractivity contribution < 1.29 is 14.3 Å². The third kappa shape index (κ3) is 7.31. The van der Waals surface area contributed by atoms with Crippen LogP contribution < -0.4 is 10.6 Å². The normalized spacial score (nSPS) is 22.5. The highest BCUT2D eigenvalue weighted by Gasteiger charge is 2.36. The van der Waals surface area contributed by atoms with Crippen molar-refractivity contribution >= 4 is 35.8 Å². The molecule has 1 aromatic carbocycles. The first-order chi connectivity index (χ1) is 14.9. The molecule has 0 bridgehead atoms. The van der Waals surface area contributed by atoms with Gasteiger partial charge in [0.2, 0.25) is 0 Å². The molecule has 2 aliphatic rings. The molecule has 8 heteroatoms.